The van der Waals surface area contributed by atoms with Crippen molar-refractivity contribution in [1.82, 2.24) is 4.90 Å². The highest BCUT2D eigenvalue weighted by Gasteiger charge is 2.31. The molecule has 0 atom stereocenters. The van der Waals surface area contributed by atoms with Gasteiger partial charge in [-0.15, -0.1) is 0 Å². The molecule has 1 saturated heterocycles. The minimum absolute atomic E-state index is 0.192. The molecule has 5 heteroatoms. The monoisotopic (exact) mass is 455 g/mol. The molecular formula is C29H29NO4. The van der Waals surface area contributed by atoms with Crippen molar-refractivity contribution in [2.45, 2.75) is 32.5 Å². The van der Waals surface area contributed by atoms with Crippen LogP contribution in [0.15, 0.2) is 78.4 Å². The van der Waals surface area contributed by atoms with Gasteiger partial charge in [0.05, 0.1) is 0 Å². The zero-order valence-electron chi connectivity index (χ0n) is 19.4. The summed E-state index contributed by atoms with van der Waals surface area (Å²) in [6.07, 6.45) is 0.629. The lowest BCUT2D eigenvalue weighted by Crippen LogP contribution is -2.53. The Bertz CT molecular complexity index is 1210. The zero-order valence-corrected chi connectivity index (χ0v) is 19.4. The number of nitrogens with zero attached hydrogens (tertiary/aromatic N) is 1. The number of likely N-dealkylation sites (tertiary alicyclic amines) is 1. The fourth-order valence-electron chi connectivity index (χ4n) is 4.87. The molecule has 0 unspecified atom stereocenters. The van der Waals surface area contributed by atoms with E-state index in [-0.39, 0.29) is 6.10 Å². The summed E-state index contributed by atoms with van der Waals surface area (Å²) in [5, 5.41) is 8.73. The molecular weight excluding hydrogens is 426 g/mol. The average Bonchev–Trinajstić information content (AvgIpc) is 2.83. The average molecular weight is 456 g/mol. The Kier molecular flexibility index (Phi) is 6.37. The molecule has 1 fully saturated rings. The first-order valence-electron chi connectivity index (χ1n) is 11.8. The molecule has 3 aromatic carbocycles. The first kappa shape index (κ1) is 22.2. The summed E-state index contributed by atoms with van der Waals surface area (Å²) < 4.78 is 11.0. The lowest BCUT2D eigenvalue weighted by molar-refractivity contribution is -0.0292. The van der Waals surface area contributed by atoms with E-state index in [4.69, 9.17) is 14.6 Å². The Hall–Kier alpha value is -3.57. The van der Waals surface area contributed by atoms with E-state index >= 15 is 0 Å². The summed E-state index contributed by atoms with van der Waals surface area (Å²) >= 11 is 0. The number of allylic oxidation sites excluding steroid dienone is 1. The van der Waals surface area contributed by atoms with E-state index < -0.39 is 6.16 Å². The second-order valence-corrected chi connectivity index (χ2v) is 9.10. The second kappa shape index (κ2) is 9.74. The molecule has 0 radical (unpaired) electrons. The molecule has 34 heavy (non-hydrogen) atoms. The molecule has 0 amide bonds. The zero-order chi connectivity index (χ0) is 23.5. The van der Waals surface area contributed by atoms with Gasteiger partial charge in [-0.3, -0.25) is 4.90 Å². The van der Waals surface area contributed by atoms with Gasteiger partial charge in [0.25, 0.3) is 0 Å². The SMILES string of the molecule is CC1=C(CN2CC(OC(=O)O)C2)CCc2cc(OCc3cccc(-c4ccccc4)c3)ccc21. The summed E-state index contributed by atoms with van der Waals surface area (Å²) in [6.45, 7) is 4.95. The highest BCUT2D eigenvalue weighted by Crippen LogP contribution is 2.34. The van der Waals surface area contributed by atoms with Crippen molar-refractivity contribution in [1.29, 1.82) is 0 Å². The van der Waals surface area contributed by atoms with Crippen molar-refractivity contribution in [2.24, 2.45) is 0 Å². The molecule has 0 spiro atoms. The minimum atomic E-state index is -1.19. The van der Waals surface area contributed by atoms with E-state index in [1.165, 1.54) is 33.4 Å². The maximum absolute atomic E-state index is 10.7. The topological polar surface area (TPSA) is 59.0 Å². The Morgan fingerprint density at radius 2 is 1.76 bits per heavy atom. The number of rotatable bonds is 7. The van der Waals surface area contributed by atoms with Gasteiger partial charge in [-0.2, -0.15) is 0 Å². The molecule has 0 bridgehead atoms. The molecule has 0 aromatic heterocycles. The molecule has 2 aliphatic rings. The summed E-state index contributed by atoms with van der Waals surface area (Å²) in [5.74, 6) is 0.900. The molecule has 0 saturated carbocycles. The van der Waals surface area contributed by atoms with Crippen LogP contribution in [0.2, 0.25) is 0 Å². The normalized spacial score (nSPS) is 16.0. The van der Waals surface area contributed by atoms with Crippen LogP contribution in [-0.2, 0) is 17.8 Å². The smallest absolute Gasteiger partial charge is 0.489 e. The maximum Gasteiger partial charge on any atom is 0.506 e. The van der Waals surface area contributed by atoms with Crippen LogP contribution in [0.1, 0.15) is 30.0 Å². The predicted molar refractivity (Wildman–Crippen MR) is 133 cm³/mol. The number of carbonyl (C=O) groups is 1. The number of aryl methyl sites for hydroxylation is 1. The third-order valence-electron chi connectivity index (χ3n) is 6.75. The highest BCUT2D eigenvalue weighted by molar-refractivity contribution is 5.72. The summed E-state index contributed by atoms with van der Waals surface area (Å²) in [7, 11) is 0. The molecule has 5 rings (SSSR count). The fraction of sp³-hybridized carbons (Fsp3) is 0.276. The van der Waals surface area contributed by atoms with Crippen molar-refractivity contribution < 1.29 is 19.4 Å². The first-order chi connectivity index (χ1) is 16.5. The van der Waals surface area contributed by atoms with E-state index in [1.807, 2.05) is 6.07 Å². The molecule has 174 valence electrons. The van der Waals surface area contributed by atoms with Crippen LogP contribution < -0.4 is 4.74 Å². The standard InChI is InChI=1S/C29H29NO4/c1-20-25(16-30-17-27(18-30)34-29(31)32)11-10-24-15-26(12-13-28(20)24)33-19-21-6-5-9-23(14-21)22-7-3-2-4-8-22/h2-9,12-15,27H,10-11,16-19H2,1H3,(H,31,32). The Balaban J connectivity index is 1.21. The Morgan fingerprint density at radius 3 is 2.56 bits per heavy atom. The van der Waals surface area contributed by atoms with E-state index in [2.05, 4.69) is 78.6 Å². The quantitative estimate of drug-likeness (QED) is 0.441. The number of hydrogen-bond acceptors (Lipinski definition) is 4. The molecule has 1 N–H and O–H groups in total. The number of fused-ring (bicyclic) bond motifs is 1. The molecule has 1 heterocycles. The largest absolute Gasteiger partial charge is 0.506 e. The predicted octanol–water partition coefficient (Wildman–Crippen LogP) is 6.03. The van der Waals surface area contributed by atoms with Crippen LogP contribution in [-0.4, -0.2) is 41.9 Å². The molecule has 3 aromatic rings. The van der Waals surface area contributed by atoms with Crippen LogP contribution in [0, 0.1) is 0 Å². The van der Waals surface area contributed by atoms with Gasteiger partial charge >= 0.3 is 6.16 Å². The van der Waals surface area contributed by atoms with E-state index in [0.717, 1.165) is 30.7 Å². The maximum atomic E-state index is 10.7. The molecule has 1 aliphatic carbocycles. The van der Waals surface area contributed by atoms with Crippen LogP contribution in [0.25, 0.3) is 16.7 Å². The van der Waals surface area contributed by atoms with Crippen LogP contribution in [0.3, 0.4) is 0 Å². The van der Waals surface area contributed by atoms with Crippen molar-refractivity contribution in [3.05, 3.63) is 95.1 Å². The van der Waals surface area contributed by atoms with E-state index in [1.54, 1.807) is 0 Å². The van der Waals surface area contributed by atoms with E-state index in [9.17, 15) is 4.79 Å². The Morgan fingerprint density at radius 1 is 0.971 bits per heavy atom. The summed E-state index contributed by atoms with van der Waals surface area (Å²) in [4.78, 5) is 12.9. The van der Waals surface area contributed by atoms with Gasteiger partial charge in [-0.1, -0.05) is 60.2 Å². The van der Waals surface area contributed by atoms with Gasteiger partial charge in [-0.25, -0.2) is 4.79 Å². The number of ether oxygens (including phenoxy) is 2. The Labute approximate surface area is 200 Å². The number of carboxylic acid groups (broad SMARTS) is 1. The van der Waals surface area contributed by atoms with Crippen molar-refractivity contribution in [3.63, 3.8) is 0 Å². The van der Waals surface area contributed by atoms with Crippen molar-refractivity contribution in [3.8, 4) is 16.9 Å². The third kappa shape index (κ3) is 5.00. The third-order valence-corrected chi connectivity index (χ3v) is 6.75. The number of hydrogen-bond donors (Lipinski definition) is 1. The lowest BCUT2D eigenvalue weighted by Gasteiger charge is -2.39. The van der Waals surface area contributed by atoms with Gasteiger partial charge in [0.1, 0.15) is 18.5 Å². The van der Waals surface area contributed by atoms with Gasteiger partial charge in [0, 0.05) is 19.6 Å². The number of benzene rings is 3. The van der Waals surface area contributed by atoms with Crippen LogP contribution in [0.5, 0.6) is 5.75 Å². The van der Waals surface area contributed by atoms with Gasteiger partial charge in [-0.05, 0) is 71.4 Å². The highest BCUT2D eigenvalue weighted by atomic mass is 16.7. The van der Waals surface area contributed by atoms with Crippen LogP contribution in [0.4, 0.5) is 4.79 Å². The summed E-state index contributed by atoms with van der Waals surface area (Å²) in [5.41, 5.74) is 8.92. The van der Waals surface area contributed by atoms with Crippen LogP contribution >= 0.6 is 0 Å². The van der Waals surface area contributed by atoms with Gasteiger partial charge in [0.15, 0.2) is 0 Å². The molecule has 1 aliphatic heterocycles. The van der Waals surface area contributed by atoms with Crippen molar-refractivity contribution >= 4 is 11.7 Å². The lowest BCUT2D eigenvalue weighted by atomic mass is 9.85. The van der Waals surface area contributed by atoms with Gasteiger partial charge in [0.2, 0.25) is 0 Å². The van der Waals surface area contributed by atoms with Gasteiger partial charge < -0.3 is 14.6 Å². The summed E-state index contributed by atoms with van der Waals surface area (Å²) in [6, 6.07) is 25.3. The molecule has 5 nitrogen and oxygen atoms in total. The van der Waals surface area contributed by atoms with Crippen molar-refractivity contribution in [2.75, 3.05) is 19.6 Å². The first-order valence-corrected chi connectivity index (χ1v) is 11.8. The minimum Gasteiger partial charge on any atom is -0.489 e. The second-order valence-electron chi connectivity index (χ2n) is 9.10. The fourth-order valence-corrected chi connectivity index (χ4v) is 4.87. The van der Waals surface area contributed by atoms with E-state index in [0.29, 0.717) is 19.7 Å².